The lowest BCUT2D eigenvalue weighted by Gasteiger charge is -2.26. The van der Waals surface area contributed by atoms with Crippen LogP contribution < -0.4 is 0 Å². The van der Waals surface area contributed by atoms with Crippen LogP contribution in [0.2, 0.25) is 0 Å². The molecule has 2 rings (SSSR count). The number of aryl methyl sites for hydroxylation is 1. The molecule has 0 aliphatic heterocycles. The van der Waals surface area contributed by atoms with Gasteiger partial charge in [0.05, 0.1) is 31.1 Å². The van der Waals surface area contributed by atoms with Gasteiger partial charge < -0.3 is 14.3 Å². The number of aliphatic hydroxyl groups excluding tert-OH is 1. The molecule has 23 heavy (non-hydrogen) atoms. The standard InChI is InChI=1S/C18H27NO3S/c1-14-7-8-17(23-14)12-19(11-16-6-5-9-21-16)10-15(20)13-22-18(2,3)4/h5-9,15,20H,10-13H2,1-4H3/t15-/m1/s1. The fourth-order valence-electron chi connectivity index (χ4n) is 2.30. The number of furan rings is 1. The molecule has 0 unspecified atom stereocenters. The first-order valence-corrected chi connectivity index (χ1v) is 8.75. The van der Waals surface area contributed by atoms with Crippen LogP contribution in [0.5, 0.6) is 0 Å². The van der Waals surface area contributed by atoms with Crippen LogP contribution in [0, 0.1) is 6.92 Å². The third-order valence-electron chi connectivity index (χ3n) is 3.31. The predicted molar refractivity (Wildman–Crippen MR) is 93.6 cm³/mol. The molecular formula is C18H27NO3S. The average Bonchev–Trinajstić information content (AvgIpc) is 3.08. The van der Waals surface area contributed by atoms with Crippen molar-refractivity contribution in [1.29, 1.82) is 0 Å². The first-order valence-electron chi connectivity index (χ1n) is 7.94. The van der Waals surface area contributed by atoms with Crippen molar-refractivity contribution in [2.75, 3.05) is 13.2 Å². The SMILES string of the molecule is Cc1ccc(CN(Cc2ccco2)C[C@@H](O)COC(C)(C)C)s1. The number of rotatable bonds is 8. The van der Waals surface area contributed by atoms with Gasteiger partial charge >= 0.3 is 0 Å². The summed E-state index contributed by atoms with van der Waals surface area (Å²) in [6.07, 6.45) is 1.16. The van der Waals surface area contributed by atoms with Crippen molar-refractivity contribution >= 4 is 11.3 Å². The minimum Gasteiger partial charge on any atom is -0.468 e. The van der Waals surface area contributed by atoms with Crippen molar-refractivity contribution in [2.24, 2.45) is 0 Å². The molecule has 0 fully saturated rings. The predicted octanol–water partition coefficient (Wildman–Crippen LogP) is 3.83. The highest BCUT2D eigenvalue weighted by molar-refractivity contribution is 7.11. The Morgan fingerprint density at radius 1 is 1.26 bits per heavy atom. The number of hydrogen-bond donors (Lipinski definition) is 1. The van der Waals surface area contributed by atoms with Crippen molar-refractivity contribution in [3.8, 4) is 0 Å². The Bertz CT molecular complexity index is 571. The smallest absolute Gasteiger partial charge is 0.117 e. The Morgan fingerprint density at radius 3 is 2.61 bits per heavy atom. The summed E-state index contributed by atoms with van der Waals surface area (Å²) in [5, 5.41) is 10.3. The van der Waals surface area contributed by atoms with E-state index in [1.807, 2.05) is 32.9 Å². The van der Waals surface area contributed by atoms with Crippen LogP contribution in [0.25, 0.3) is 0 Å². The summed E-state index contributed by atoms with van der Waals surface area (Å²) in [6.45, 7) is 10.5. The normalized spacial score (nSPS) is 13.7. The van der Waals surface area contributed by atoms with E-state index in [4.69, 9.17) is 9.15 Å². The summed E-state index contributed by atoms with van der Waals surface area (Å²) < 4.78 is 11.1. The lowest BCUT2D eigenvalue weighted by atomic mass is 10.2. The highest BCUT2D eigenvalue weighted by Gasteiger charge is 2.18. The highest BCUT2D eigenvalue weighted by Crippen LogP contribution is 2.19. The van der Waals surface area contributed by atoms with Crippen LogP contribution in [0.15, 0.2) is 34.9 Å². The van der Waals surface area contributed by atoms with Gasteiger partial charge in [-0.2, -0.15) is 0 Å². The summed E-state index contributed by atoms with van der Waals surface area (Å²) in [7, 11) is 0. The van der Waals surface area contributed by atoms with Crippen LogP contribution in [0.3, 0.4) is 0 Å². The fraction of sp³-hybridized carbons (Fsp3) is 0.556. The maximum atomic E-state index is 10.3. The van der Waals surface area contributed by atoms with Crippen molar-refractivity contribution < 1.29 is 14.3 Å². The Morgan fingerprint density at radius 2 is 2.04 bits per heavy atom. The molecule has 1 N–H and O–H groups in total. The molecule has 0 aliphatic rings. The van der Waals surface area contributed by atoms with Crippen molar-refractivity contribution in [2.45, 2.75) is 52.5 Å². The monoisotopic (exact) mass is 337 g/mol. The first kappa shape index (κ1) is 18.2. The number of thiophene rings is 1. The van der Waals surface area contributed by atoms with Gasteiger partial charge in [0.1, 0.15) is 5.76 Å². The molecule has 4 nitrogen and oxygen atoms in total. The van der Waals surface area contributed by atoms with Gasteiger partial charge in [-0.3, -0.25) is 4.90 Å². The molecule has 0 aromatic carbocycles. The van der Waals surface area contributed by atoms with Gasteiger partial charge in [-0.25, -0.2) is 0 Å². The molecule has 0 saturated heterocycles. The number of ether oxygens (including phenoxy) is 1. The van der Waals surface area contributed by atoms with E-state index in [2.05, 4.69) is 24.0 Å². The fourth-order valence-corrected chi connectivity index (χ4v) is 3.23. The molecule has 0 bridgehead atoms. The van der Waals surface area contributed by atoms with Gasteiger partial charge in [-0.15, -0.1) is 11.3 Å². The number of hydrogen-bond acceptors (Lipinski definition) is 5. The molecule has 2 heterocycles. The summed E-state index contributed by atoms with van der Waals surface area (Å²) in [6, 6.07) is 8.13. The summed E-state index contributed by atoms with van der Waals surface area (Å²) in [5.41, 5.74) is -0.238. The third kappa shape index (κ3) is 6.87. The average molecular weight is 337 g/mol. The van der Waals surface area contributed by atoms with Crippen molar-refractivity contribution in [1.82, 2.24) is 4.90 Å². The van der Waals surface area contributed by atoms with E-state index < -0.39 is 6.10 Å². The lowest BCUT2D eigenvalue weighted by molar-refractivity contribution is -0.0575. The molecule has 5 heteroatoms. The van der Waals surface area contributed by atoms with Crippen LogP contribution in [0.4, 0.5) is 0 Å². The summed E-state index contributed by atoms with van der Waals surface area (Å²) in [5.74, 6) is 0.905. The molecule has 2 aromatic heterocycles. The minimum absolute atomic E-state index is 0.238. The molecule has 0 aliphatic carbocycles. The van der Waals surface area contributed by atoms with Crippen LogP contribution in [0.1, 0.15) is 36.3 Å². The van der Waals surface area contributed by atoms with Gasteiger partial charge in [0.25, 0.3) is 0 Å². The number of nitrogens with zero attached hydrogens (tertiary/aromatic N) is 1. The van der Waals surface area contributed by atoms with Gasteiger partial charge in [-0.1, -0.05) is 0 Å². The zero-order valence-corrected chi connectivity index (χ0v) is 15.2. The van der Waals surface area contributed by atoms with E-state index in [-0.39, 0.29) is 5.60 Å². The van der Waals surface area contributed by atoms with E-state index in [1.165, 1.54) is 9.75 Å². The summed E-state index contributed by atoms with van der Waals surface area (Å²) >= 11 is 1.79. The van der Waals surface area contributed by atoms with Gasteiger partial charge in [0.2, 0.25) is 0 Å². The van der Waals surface area contributed by atoms with Gasteiger partial charge in [0.15, 0.2) is 0 Å². The Balaban J connectivity index is 1.95. The molecule has 0 saturated carbocycles. The topological polar surface area (TPSA) is 45.8 Å². The van der Waals surface area contributed by atoms with Crippen LogP contribution in [-0.4, -0.2) is 34.9 Å². The zero-order valence-electron chi connectivity index (χ0n) is 14.4. The first-order chi connectivity index (χ1) is 10.8. The van der Waals surface area contributed by atoms with Gasteiger partial charge in [-0.05, 0) is 52.0 Å². The van der Waals surface area contributed by atoms with Gasteiger partial charge in [0, 0.05) is 22.8 Å². The molecule has 0 amide bonds. The van der Waals surface area contributed by atoms with Crippen molar-refractivity contribution in [3.63, 3.8) is 0 Å². The van der Waals surface area contributed by atoms with E-state index in [9.17, 15) is 5.11 Å². The second-order valence-electron chi connectivity index (χ2n) is 6.84. The quantitative estimate of drug-likeness (QED) is 0.795. The molecule has 1 atom stereocenters. The van der Waals surface area contributed by atoms with Crippen LogP contribution in [-0.2, 0) is 17.8 Å². The lowest BCUT2D eigenvalue weighted by Crippen LogP contribution is -2.36. The zero-order chi connectivity index (χ0) is 16.9. The Kier molecular flexibility index (Phi) is 6.41. The van der Waals surface area contributed by atoms with E-state index >= 15 is 0 Å². The molecular weight excluding hydrogens is 310 g/mol. The second kappa shape index (κ2) is 8.11. The summed E-state index contributed by atoms with van der Waals surface area (Å²) in [4.78, 5) is 4.79. The van der Waals surface area contributed by atoms with E-state index in [0.29, 0.717) is 19.7 Å². The Labute approximate surface area is 142 Å². The molecule has 0 spiro atoms. The number of aliphatic hydroxyl groups is 1. The van der Waals surface area contributed by atoms with Crippen molar-refractivity contribution in [3.05, 3.63) is 46.0 Å². The second-order valence-corrected chi connectivity index (χ2v) is 8.21. The molecule has 0 radical (unpaired) electrons. The van der Waals surface area contributed by atoms with E-state index in [0.717, 1.165) is 12.3 Å². The van der Waals surface area contributed by atoms with E-state index in [1.54, 1.807) is 17.6 Å². The molecule has 128 valence electrons. The minimum atomic E-state index is -0.523. The third-order valence-corrected chi connectivity index (χ3v) is 4.30. The maximum Gasteiger partial charge on any atom is 0.117 e. The largest absolute Gasteiger partial charge is 0.468 e. The Hall–Kier alpha value is -1.14. The maximum absolute atomic E-state index is 10.3. The highest BCUT2D eigenvalue weighted by atomic mass is 32.1. The van der Waals surface area contributed by atoms with Crippen LogP contribution >= 0.6 is 11.3 Å². The molecule has 2 aromatic rings.